The maximum atomic E-state index is 12.1. The molecule has 1 aromatic carbocycles. The van der Waals surface area contributed by atoms with Crippen molar-refractivity contribution in [2.75, 3.05) is 0 Å². The highest BCUT2D eigenvalue weighted by atomic mass is 19.3. The summed E-state index contributed by atoms with van der Waals surface area (Å²) in [5, 5.41) is 0. The van der Waals surface area contributed by atoms with E-state index in [4.69, 9.17) is 0 Å². The van der Waals surface area contributed by atoms with Gasteiger partial charge in [0.05, 0.1) is 0 Å². The van der Waals surface area contributed by atoms with E-state index in [0.29, 0.717) is 5.92 Å². The fourth-order valence-corrected chi connectivity index (χ4v) is 3.78. The molecule has 2 unspecified atom stereocenters. The Kier molecular flexibility index (Phi) is 3.46. The molecule has 1 nitrogen and oxygen atoms in total. The zero-order valence-electron chi connectivity index (χ0n) is 11.2. The van der Waals surface area contributed by atoms with Crippen molar-refractivity contribution in [2.24, 2.45) is 17.8 Å². The SMILES string of the molecule is CC1[C@H]2CCC(c3ccc(OC(F)F)cc3)CC[C@@H]12. The van der Waals surface area contributed by atoms with E-state index in [0.717, 1.165) is 17.8 Å². The van der Waals surface area contributed by atoms with Crippen LogP contribution in [-0.2, 0) is 0 Å². The van der Waals surface area contributed by atoms with Crippen LogP contribution in [0, 0.1) is 17.8 Å². The first-order valence-corrected chi connectivity index (χ1v) is 7.20. The minimum atomic E-state index is -2.74. The Morgan fingerprint density at radius 2 is 1.58 bits per heavy atom. The minimum Gasteiger partial charge on any atom is -0.435 e. The second-order valence-electron chi connectivity index (χ2n) is 5.99. The molecule has 0 heterocycles. The lowest BCUT2D eigenvalue weighted by atomic mass is 9.90. The minimum absolute atomic E-state index is 0.254. The topological polar surface area (TPSA) is 9.23 Å². The van der Waals surface area contributed by atoms with Crippen molar-refractivity contribution in [1.29, 1.82) is 0 Å². The lowest BCUT2D eigenvalue weighted by Crippen LogP contribution is -2.03. The van der Waals surface area contributed by atoms with E-state index in [1.807, 2.05) is 12.1 Å². The van der Waals surface area contributed by atoms with Crippen LogP contribution in [-0.4, -0.2) is 6.61 Å². The van der Waals surface area contributed by atoms with Crippen LogP contribution >= 0.6 is 0 Å². The number of hydrogen-bond acceptors (Lipinski definition) is 1. The molecular formula is C16H20F2O. The Balaban J connectivity index is 1.62. The standard InChI is InChI=1S/C16H20F2O/c1-10-14-8-4-12(5-9-15(10)14)11-2-6-13(7-3-11)19-16(17)18/h2-3,6-7,10,12,14-16H,4-5,8-9H2,1H3/t10?,12?,14-,15+. The van der Waals surface area contributed by atoms with Gasteiger partial charge < -0.3 is 4.74 Å². The molecule has 0 aliphatic heterocycles. The summed E-state index contributed by atoms with van der Waals surface area (Å²) in [5.74, 6) is 3.69. The number of alkyl halides is 2. The van der Waals surface area contributed by atoms with Crippen molar-refractivity contribution in [3.8, 4) is 5.75 Å². The number of hydrogen-bond donors (Lipinski definition) is 0. The van der Waals surface area contributed by atoms with E-state index in [-0.39, 0.29) is 5.75 Å². The van der Waals surface area contributed by atoms with E-state index in [1.54, 1.807) is 12.1 Å². The molecule has 3 rings (SSSR count). The Labute approximate surface area is 113 Å². The van der Waals surface area contributed by atoms with E-state index < -0.39 is 6.61 Å². The molecule has 4 atom stereocenters. The molecule has 0 radical (unpaired) electrons. The maximum Gasteiger partial charge on any atom is 0.387 e. The van der Waals surface area contributed by atoms with E-state index >= 15 is 0 Å². The van der Waals surface area contributed by atoms with Crippen molar-refractivity contribution in [3.05, 3.63) is 29.8 Å². The van der Waals surface area contributed by atoms with Gasteiger partial charge in [-0.3, -0.25) is 0 Å². The Hall–Kier alpha value is -1.12. The highest BCUT2D eigenvalue weighted by Crippen LogP contribution is 2.55. The lowest BCUT2D eigenvalue weighted by molar-refractivity contribution is -0.0498. The number of benzene rings is 1. The number of fused-ring (bicyclic) bond motifs is 1. The molecule has 0 bridgehead atoms. The Bertz CT molecular complexity index is 415. The zero-order chi connectivity index (χ0) is 13.4. The van der Waals surface area contributed by atoms with Crippen LogP contribution in [0.1, 0.15) is 44.1 Å². The van der Waals surface area contributed by atoms with Crippen molar-refractivity contribution in [1.82, 2.24) is 0 Å². The first-order chi connectivity index (χ1) is 9.15. The van der Waals surface area contributed by atoms with Gasteiger partial charge in [0, 0.05) is 0 Å². The van der Waals surface area contributed by atoms with Gasteiger partial charge in [0.1, 0.15) is 5.75 Å². The third-order valence-electron chi connectivity index (χ3n) is 5.03. The highest BCUT2D eigenvalue weighted by Gasteiger charge is 2.47. The van der Waals surface area contributed by atoms with Crippen molar-refractivity contribution >= 4 is 0 Å². The molecule has 0 aromatic heterocycles. The second kappa shape index (κ2) is 5.10. The Morgan fingerprint density at radius 3 is 2.11 bits per heavy atom. The molecule has 2 fully saturated rings. The summed E-state index contributed by atoms with van der Waals surface area (Å²) in [6, 6.07) is 7.22. The summed E-state index contributed by atoms with van der Waals surface area (Å²) in [7, 11) is 0. The number of ether oxygens (including phenoxy) is 1. The largest absolute Gasteiger partial charge is 0.435 e. The van der Waals surface area contributed by atoms with E-state index in [1.165, 1.54) is 31.2 Å². The molecule has 104 valence electrons. The third kappa shape index (κ3) is 2.75. The third-order valence-corrected chi connectivity index (χ3v) is 5.03. The molecule has 2 saturated carbocycles. The number of halogens is 2. The molecule has 0 saturated heterocycles. The summed E-state index contributed by atoms with van der Waals surface area (Å²) in [5.41, 5.74) is 1.27. The fraction of sp³-hybridized carbons (Fsp3) is 0.625. The van der Waals surface area contributed by atoms with Gasteiger partial charge in [0.2, 0.25) is 0 Å². The first-order valence-electron chi connectivity index (χ1n) is 7.20. The first kappa shape index (κ1) is 12.9. The monoisotopic (exact) mass is 266 g/mol. The summed E-state index contributed by atoms with van der Waals surface area (Å²) < 4.78 is 28.6. The van der Waals surface area contributed by atoms with Crippen LogP contribution in [0.5, 0.6) is 5.75 Å². The molecule has 0 spiro atoms. The quantitative estimate of drug-likeness (QED) is 0.761. The van der Waals surface area contributed by atoms with Crippen LogP contribution in [0.15, 0.2) is 24.3 Å². The van der Waals surface area contributed by atoms with E-state index in [9.17, 15) is 8.78 Å². The van der Waals surface area contributed by atoms with Crippen LogP contribution in [0.3, 0.4) is 0 Å². The van der Waals surface area contributed by atoms with Crippen molar-refractivity contribution in [2.45, 2.75) is 45.1 Å². The van der Waals surface area contributed by atoms with Crippen molar-refractivity contribution < 1.29 is 13.5 Å². The highest BCUT2D eigenvalue weighted by molar-refractivity contribution is 5.29. The van der Waals surface area contributed by atoms with Crippen LogP contribution < -0.4 is 4.74 Å². The Morgan fingerprint density at radius 1 is 1.00 bits per heavy atom. The van der Waals surface area contributed by atoms with Gasteiger partial charge in [0.15, 0.2) is 0 Å². The molecule has 2 aliphatic carbocycles. The van der Waals surface area contributed by atoms with Crippen LogP contribution in [0.25, 0.3) is 0 Å². The van der Waals surface area contributed by atoms with Gasteiger partial charge >= 0.3 is 6.61 Å². The second-order valence-corrected chi connectivity index (χ2v) is 5.99. The summed E-state index contributed by atoms with van der Waals surface area (Å²) in [6.07, 6.45) is 5.12. The average Bonchev–Trinajstić information content (AvgIpc) is 3.05. The predicted molar refractivity (Wildman–Crippen MR) is 70.4 cm³/mol. The van der Waals surface area contributed by atoms with Gasteiger partial charge in [-0.25, -0.2) is 0 Å². The fourth-order valence-electron chi connectivity index (χ4n) is 3.78. The molecule has 19 heavy (non-hydrogen) atoms. The van der Waals surface area contributed by atoms with Gasteiger partial charge in [-0.1, -0.05) is 19.1 Å². The molecule has 2 aliphatic rings. The number of rotatable bonds is 3. The lowest BCUT2D eigenvalue weighted by Gasteiger charge is -2.16. The average molecular weight is 266 g/mol. The summed E-state index contributed by atoms with van der Waals surface area (Å²) in [4.78, 5) is 0. The predicted octanol–water partition coefficient (Wildman–Crippen LogP) is 4.83. The summed E-state index contributed by atoms with van der Waals surface area (Å²) >= 11 is 0. The van der Waals surface area contributed by atoms with Gasteiger partial charge in [-0.2, -0.15) is 8.78 Å². The van der Waals surface area contributed by atoms with Crippen LogP contribution in [0.2, 0.25) is 0 Å². The van der Waals surface area contributed by atoms with Gasteiger partial charge in [-0.05, 0) is 67.1 Å². The molecule has 0 N–H and O–H groups in total. The summed E-state index contributed by atoms with van der Waals surface area (Å²) in [6.45, 7) is -0.371. The molecule has 3 heteroatoms. The molecule has 0 amide bonds. The molecular weight excluding hydrogens is 246 g/mol. The van der Waals surface area contributed by atoms with Gasteiger partial charge in [-0.15, -0.1) is 0 Å². The van der Waals surface area contributed by atoms with E-state index in [2.05, 4.69) is 11.7 Å². The van der Waals surface area contributed by atoms with Gasteiger partial charge in [0.25, 0.3) is 0 Å². The molecule has 1 aromatic rings. The normalized spacial score (nSPS) is 33.7. The smallest absolute Gasteiger partial charge is 0.387 e. The van der Waals surface area contributed by atoms with Crippen molar-refractivity contribution in [3.63, 3.8) is 0 Å². The maximum absolute atomic E-state index is 12.1. The van der Waals surface area contributed by atoms with Crippen LogP contribution in [0.4, 0.5) is 8.78 Å². The zero-order valence-corrected chi connectivity index (χ0v) is 11.2.